The molecule has 2 rings (SSSR count). The minimum atomic E-state index is -0.294. The lowest BCUT2D eigenvalue weighted by atomic mass is 10.1. The van der Waals surface area contributed by atoms with Crippen LogP contribution in [0.3, 0.4) is 0 Å². The fourth-order valence-corrected chi connectivity index (χ4v) is 1.87. The van der Waals surface area contributed by atoms with Gasteiger partial charge in [-0.3, -0.25) is 4.79 Å². The van der Waals surface area contributed by atoms with E-state index in [1.165, 1.54) is 6.07 Å². The molecular formula is C10H9BrFNO. The Morgan fingerprint density at radius 2 is 2.29 bits per heavy atom. The standard InChI is InChI=1S/C10H9BrFNO/c11-8-2-1-5(3-9(8)12)6-4-7(6)10(13)14/h1-3,6-7H,4H2,(H2,13,14)/t6-,7+/m0/s1. The van der Waals surface area contributed by atoms with E-state index in [-0.39, 0.29) is 23.6 Å². The van der Waals surface area contributed by atoms with Gasteiger partial charge in [0, 0.05) is 5.92 Å². The SMILES string of the molecule is NC(=O)[C@@H]1C[C@H]1c1ccc(Br)c(F)c1. The molecule has 0 aromatic heterocycles. The molecule has 0 heterocycles. The summed E-state index contributed by atoms with van der Waals surface area (Å²) in [5, 5.41) is 0. The zero-order valence-corrected chi connectivity index (χ0v) is 8.92. The van der Waals surface area contributed by atoms with Crippen molar-refractivity contribution in [3.05, 3.63) is 34.1 Å². The first-order valence-electron chi connectivity index (χ1n) is 4.34. The van der Waals surface area contributed by atoms with Gasteiger partial charge >= 0.3 is 0 Å². The highest BCUT2D eigenvalue weighted by Crippen LogP contribution is 2.47. The number of nitrogens with two attached hydrogens (primary N) is 1. The van der Waals surface area contributed by atoms with E-state index in [1.54, 1.807) is 6.07 Å². The summed E-state index contributed by atoms with van der Waals surface area (Å²) in [5.41, 5.74) is 6.01. The van der Waals surface area contributed by atoms with Crippen LogP contribution in [0.2, 0.25) is 0 Å². The molecule has 4 heteroatoms. The van der Waals surface area contributed by atoms with Gasteiger partial charge in [0.15, 0.2) is 0 Å². The maximum Gasteiger partial charge on any atom is 0.221 e. The summed E-state index contributed by atoms with van der Waals surface area (Å²) in [6.45, 7) is 0. The van der Waals surface area contributed by atoms with Crippen molar-refractivity contribution in [2.75, 3.05) is 0 Å². The Hall–Kier alpha value is -0.900. The molecule has 1 saturated carbocycles. The minimum Gasteiger partial charge on any atom is -0.369 e. The fourth-order valence-electron chi connectivity index (χ4n) is 1.62. The van der Waals surface area contributed by atoms with Gasteiger partial charge in [-0.1, -0.05) is 6.07 Å². The van der Waals surface area contributed by atoms with Gasteiger partial charge in [0.1, 0.15) is 5.82 Å². The largest absolute Gasteiger partial charge is 0.369 e. The quantitative estimate of drug-likeness (QED) is 0.867. The van der Waals surface area contributed by atoms with Crippen molar-refractivity contribution in [2.24, 2.45) is 11.7 Å². The second-order valence-corrected chi connectivity index (χ2v) is 4.38. The van der Waals surface area contributed by atoms with Crippen LogP contribution >= 0.6 is 15.9 Å². The van der Waals surface area contributed by atoms with Gasteiger partial charge in [0.2, 0.25) is 5.91 Å². The normalized spacial score (nSPS) is 24.7. The zero-order valence-electron chi connectivity index (χ0n) is 7.34. The molecule has 0 aliphatic heterocycles. The smallest absolute Gasteiger partial charge is 0.221 e. The summed E-state index contributed by atoms with van der Waals surface area (Å²) in [4.78, 5) is 10.8. The van der Waals surface area contributed by atoms with Crippen LogP contribution in [-0.4, -0.2) is 5.91 Å². The Balaban J connectivity index is 2.20. The van der Waals surface area contributed by atoms with E-state index in [4.69, 9.17) is 5.73 Å². The minimum absolute atomic E-state index is 0.101. The Morgan fingerprint density at radius 1 is 1.57 bits per heavy atom. The number of rotatable bonds is 2. The molecule has 2 nitrogen and oxygen atoms in total. The molecule has 0 spiro atoms. The van der Waals surface area contributed by atoms with Gasteiger partial charge in [0.25, 0.3) is 0 Å². The number of hydrogen-bond donors (Lipinski definition) is 1. The molecule has 1 aliphatic rings. The van der Waals surface area contributed by atoms with Crippen molar-refractivity contribution < 1.29 is 9.18 Å². The average Bonchev–Trinajstić information content (AvgIpc) is 2.89. The van der Waals surface area contributed by atoms with E-state index >= 15 is 0 Å². The summed E-state index contributed by atoms with van der Waals surface area (Å²) in [7, 11) is 0. The third kappa shape index (κ3) is 1.66. The molecule has 1 aromatic carbocycles. The maximum atomic E-state index is 13.1. The van der Waals surface area contributed by atoms with Crippen LogP contribution in [0.1, 0.15) is 17.9 Å². The van der Waals surface area contributed by atoms with Gasteiger partial charge in [-0.2, -0.15) is 0 Å². The predicted molar refractivity (Wildman–Crippen MR) is 54.1 cm³/mol. The van der Waals surface area contributed by atoms with Crippen LogP contribution < -0.4 is 5.73 Å². The fraction of sp³-hybridized carbons (Fsp3) is 0.300. The third-order valence-electron chi connectivity index (χ3n) is 2.53. The predicted octanol–water partition coefficient (Wildman–Crippen LogP) is 2.18. The highest BCUT2D eigenvalue weighted by Gasteiger charge is 2.42. The van der Waals surface area contributed by atoms with Crippen LogP contribution in [0.15, 0.2) is 22.7 Å². The average molecular weight is 258 g/mol. The number of halogens is 2. The second-order valence-electron chi connectivity index (χ2n) is 3.52. The van der Waals surface area contributed by atoms with Crippen molar-refractivity contribution >= 4 is 21.8 Å². The van der Waals surface area contributed by atoms with Gasteiger partial charge in [-0.05, 0) is 46.0 Å². The molecule has 0 radical (unpaired) electrons. The topological polar surface area (TPSA) is 43.1 Å². The molecule has 0 bridgehead atoms. The lowest BCUT2D eigenvalue weighted by Crippen LogP contribution is -2.13. The number of benzene rings is 1. The van der Waals surface area contributed by atoms with E-state index in [1.807, 2.05) is 6.07 Å². The van der Waals surface area contributed by atoms with E-state index < -0.39 is 0 Å². The van der Waals surface area contributed by atoms with Crippen molar-refractivity contribution in [3.8, 4) is 0 Å². The van der Waals surface area contributed by atoms with Crippen molar-refractivity contribution in [1.29, 1.82) is 0 Å². The number of amides is 1. The van der Waals surface area contributed by atoms with Crippen molar-refractivity contribution in [3.63, 3.8) is 0 Å². The zero-order chi connectivity index (χ0) is 10.3. The molecule has 0 unspecified atom stereocenters. The van der Waals surface area contributed by atoms with Gasteiger partial charge in [-0.15, -0.1) is 0 Å². The monoisotopic (exact) mass is 257 g/mol. The molecule has 1 aliphatic carbocycles. The molecule has 2 atom stereocenters. The highest BCUT2D eigenvalue weighted by molar-refractivity contribution is 9.10. The van der Waals surface area contributed by atoms with Gasteiger partial charge in [-0.25, -0.2) is 4.39 Å². The lowest BCUT2D eigenvalue weighted by molar-refractivity contribution is -0.119. The Labute approximate surface area is 89.4 Å². The van der Waals surface area contributed by atoms with E-state index in [9.17, 15) is 9.18 Å². The third-order valence-corrected chi connectivity index (χ3v) is 3.17. The molecule has 2 N–H and O–H groups in total. The van der Waals surface area contributed by atoms with E-state index in [2.05, 4.69) is 15.9 Å². The number of carbonyl (C=O) groups excluding carboxylic acids is 1. The number of primary amides is 1. The van der Waals surface area contributed by atoms with Crippen LogP contribution in [0.5, 0.6) is 0 Å². The summed E-state index contributed by atoms with van der Waals surface area (Å²) in [5.74, 6) is -0.568. The van der Waals surface area contributed by atoms with Crippen LogP contribution in [0, 0.1) is 11.7 Å². The second kappa shape index (κ2) is 3.35. The first-order valence-corrected chi connectivity index (χ1v) is 5.13. The van der Waals surface area contributed by atoms with Gasteiger partial charge < -0.3 is 5.73 Å². The maximum absolute atomic E-state index is 13.1. The first kappa shape index (κ1) is 9.65. The van der Waals surface area contributed by atoms with Crippen molar-refractivity contribution in [2.45, 2.75) is 12.3 Å². The Kier molecular flexibility index (Phi) is 2.31. The highest BCUT2D eigenvalue weighted by atomic mass is 79.9. The number of carbonyl (C=O) groups is 1. The summed E-state index contributed by atoms with van der Waals surface area (Å²) in [6, 6.07) is 4.93. The van der Waals surface area contributed by atoms with Crippen LogP contribution in [0.25, 0.3) is 0 Å². The molecule has 1 fully saturated rings. The summed E-state index contributed by atoms with van der Waals surface area (Å²) >= 11 is 3.08. The summed E-state index contributed by atoms with van der Waals surface area (Å²) < 4.78 is 13.6. The van der Waals surface area contributed by atoms with Crippen LogP contribution in [0.4, 0.5) is 4.39 Å². The number of hydrogen-bond acceptors (Lipinski definition) is 1. The first-order chi connectivity index (χ1) is 6.59. The molecule has 1 amide bonds. The van der Waals surface area contributed by atoms with E-state index in [0.29, 0.717) is 4.47 Å². The molecule has 0 saturated heterocycles. The van der Waals surface area contributed by atoms with E-state index in [0.717, 1.165) is 12.0 Å². The van der Waals surface area contributed by atoms with Crippen LogP contribution in [-0.2, 0) is 4.79 Å². The summed E-state index contributed by atoms with van der Waals surface area (Å²) in [6.07, 6.45) is 0.746. The molecule has 14 heavy (non-hydrogen) atoms. The Morgan fingerprint density at radius 3 is 2.79 bits per heavy atom. The molecular weight excluding hydrogens is 249 g/mol. The molecule has 74 valence electrons. The van der Waals surface area contributed by atoms with Gasteiger partial charge in [0.05, 0.1) is 4.47 Å². The van der Waals surface area contributed by atoms with Crippen molar-refractivity contribution in [1.82, 2.24) is 0 Å². The lowest BCUT2D eigenvalue weighted by Gasteiger charge is -2.00. The molecule has 1 aromatic rings. The Bertz CT molecular complexity index is 394.